The normalized spacial score (nSPS) is 19.2. The number of aromatic nitrogens is 2. The van der Waals surface area contributed by atoms with Gasteiger partial charge in [-0.1, -0.05) is 30.0 Å². The Morgan fingerprint density at radius 3 is 2.55 bits per heavy atom. The quantitative estimate of drug-likeness (QED) is 0.550. The van der Waals surface area contributed by atoms with Crippen LogP contribution < -0.4 is 10.5 Å². The molecule has 0 aliphatic carbocycles. The molecule has 1 amide bonds. The second-order valence-corrected chi connectivity index (χ2v) is 9.46. The number of thioether (sulfide) groups is 1. The summed E-state index contributed by atoms with van der Waals surface area (Å²) in [6.07, 6.45) is 6.81. The number of rotatable bonds is 3. The van der Waals surface area contributed by atoms with Gasteiger partial charge in [-0.25, -0.2) is 4.98 Å². The first-order chi connectivity index (χ1) is 13.9. The van der Waals surface area contributed by atoms with Crippen LogP contribution in [0.2, 0.25) is 0 Å². The molecule has 2 aliphatic rings. The number of amides is 1. The third-order valence-electron chi connectivity index (χ3n) is 5.26. The van der Waals surface area contributed by atoms with E-state index in [9.17, 15) is 9.59 Å². The Labute approximate surface area is 179 Å². The number of fused-ring (bicyclic) bond motifs is 1. The lowest BCUT2D eigenvalue weighted by Gasteiger charge is -2.29. The summed E-state index contributed by atoms with van der Waals surface area (Å²) in [5.41, 5.74) is 1.89. The number of nitrogens with zero attached hydrogens (tertiary/aromatic N) is 4. The van der Waals surface area contributed by atoms with Gasteiger partial charge in [0, 0.05) is 25.3 Å². The van der Waals surface area contributed by atoms with Crippen molar-refractivity contribution in [3.8, 4) is 0 Å². The molecule has 2 fully saturated rings. The van der Waals surface area contributed by atoms with Crippen molar-refractivity contribution in [3.63, 3.8) is 0 Å². The molecular weight excluding hydrogens is 404 g/mol. The molecule has 2 aromatic heterocycles. The van der Waals surface area contributed by atoms with E-state index in [0.29, 0.717) is 26.3 Å². The lowest BCUT2D eigenvalue weighted by atomic mass is 10.1. The third-order valence-corrected chi connectivity index (χ3v) is 6.59. The average molecular weight is 429 g/mol. The maximum atomic E-state index is 13.4. The van der Waals surface area contributed by atoms with Crippen LogP contribution in [-0.2, 0) is 4.79 Å². The molecule has 2 saturated heterocycles. The van der Waals surface area contributed by atoms with Crippen LogP contribution in [0.5, 0.6) is 0 Å². The number of aryl methyl sites for hydroxylation is 1. The van der Waals surface area contributed by atoms with Crippen molar-refractivity contribution in [1.29, 1.82) is 0 Å². The van der Waals surface area contributed by atoms with Crippen molar-refractivity contribution < 1.29 is 4.79 Å². The van der Waals surface area contributed by atoms with Gasteiger partial charge in [0.15, 0.2) is 0 Å². The second-order valence-electron chi connectivity index (χ2n) is 7.78. The van der Waals surface area contributed by atoms with Crippen molar-refractivity contribution in [2.24, 2.45) is 0 Å². The Kier molecular flexibility index (Phi) is 5.48. The smallest absolute Gasteiger partial charge is 0.267 e. The number of thiocarbonyl (C=S) groups is 1. The molecule has 0 saturated carbocycles. The van der Waals surface area contributed by atoms with Crippen LogP contribution in [0.4, 0.5) is 5.82 Å². The highest BCUT2D eigenvalue weighted by Gasteiger charge is 2.34. The van der Waals surface area contributed by atoms with E-state index in [0.717, 1.165) is 31.5 Å². The van der Waals surface area contributed by atoms with Crippen LogP contribution >= 0.6 is 24.0 Å². The summed E-state index contributed by atoms with van der Waals surface area (Å²) in [6.45, 7) is 7.53. The van der Waals surface area contributed by atoms with Gasteiger partial charge in [-0.2, -0.15) is 0 Å². The van der Waals surface area contributed by atoms with Crippen molar-refractivity contribution in [2.75, 3.05) is 18.0 Å². The van der Waals surface area contributed by atoms with E-state index >= 15 is 0 Å². The van der Waals surface area contributed by atoms with Gasteiger partial charge < -0.3 is 4.90 Å². The van der Waals surface area contributed by atoms with E-state index in [-0.39, 0.29) is 17.5 Å². The fourth-order valence-corrected chi connectivity index (χ4v) is 5.28. The van der Waals surface area contributed by atoms with E-state index in [1.54, 1.807) is 21.6 Å². The number of anilines is 1. The molecule has 4 rings (SSSR count). The lowest BCUT2D eigenvalue weighted by molar-refractivity contribution is -0.123. The fourth-order valence-electron chi connectivity index (χ4n) is 3.78. The Hall–Kier alpha value is -2.19. The predicted molar refractivity (Wildman–Crippen MR) is 122 cm³/mol. The summed E-state index contributed by atoms with van der Waals surface area (Å²) in [5, 5.41) is 0. The van der Waals surface area contributed by atoms with Gasteiger partial charge in [0.1, 0.15) is 15.8 Å². The van der Waals surface area contributed by atoms with Gasteiger partial charge in [-0.15, -0.1) is 0 Å². The molecule has 6 nitrogen and oxygen atoms in total. The lowest BCUT2D eigenvalue weighted by Crippen LogP contribution is -2.35. The molecule has 8 heteroatoms. The van der Waals surface area contributed by atoms with Gasteiger partial charge in [0.2, 0.25) is 0 Å². The Balaban J connectivity index is 1.90. The predicted octanol–water partition coefficient (Wildman–Crippen LogP) is 3.60. The monoisotopic (exact) mass is 428 g/mol. The standard InChI is InChI=1S/C21H24N4O2S2/c1-13(2)25-20(27)16(29-21(25)28)11-15-18(23-9-5-4-6-10-23)22-17-8-7-14(3)12-24(17)19(15)26/h7-8,11-13H,4-6,9-10H2,1-3H3/b16-11+. The minimum atomic E-state index is -0.158. The highest BCUT2D eigenvalue weighted by Crippen LogP contribution is 2.35. The summed E-state index contributed by atoms with van der Waals surface area (Å²) >= 11 is 6.64. The van der Waals surface area contributed by atoms with E-state index in [4.69, 9.17) is 17.2 Å². The average Bonchev–Trinajstić information content (AvgIpc) is 2.98. The summed E-state index contributed by atoms with van der Waals surface area (Å²) in [4.78, 5) is 35.4. The van der Waals surface area contributed by atoms with Gasteiger partial charge in [-0.05, 0) is 57.7 Å². The molecule has 0 aromatic carbocycles. The molecule has 0 bridgehead atoms. The molecular formula is C21H24N4O2S2. The maximum Gasteiger partial charge on any atom is 0.267 e. The maximum absolute atomic E-state index is 13.4. The zero-order valence-corrected chi connectivity index (χ0v) is 18.5. The molecule has 29 heavy (non-hydrogen) atoms. The first kappa shape index (κ1) is 20.1. The Bertz CT molecular complexity index is 1080. The molecule has 0 N–H and O–H groups in total. The minimum Gasteiger partial charge on any atom is -0.356 e. The van der Waals surface area contributed by atoms with E-state index < -0.39 is 0 Å². The fraction of sp³-hybridized carbons (Fsp3) is 0.429. The van der Waals surface area contributed by atoms with Crippen LogP contribution in [0, 0.1) is 6.92 Å². The van der Waals surface area contributed by atoms with Crippen molar-refractivity contribution in [3.05, 3.63) is 44.7 Å². The molecule has 0 spiro atoms. The SMILES string of the molecule is Cc1ccc2nc(N3CCCCC3)c(/C=C3/SC(=S)N(C(C)C)C3=O)c(=O)n2c1. The van der Waals surface area contributed by atoms with Crippen LogP contribution in [0.25, 0.3) is 11.7 Å². The summed E-state index contributed by atoms with van der Waals surface area (Å²) in [7, 11) is 0. The van der Waals surface area contributed by atoms with E-state index in [2.05, 4.69) is 4.90 Å². The van der Waals surface area contributed by atoms with Crippen LogP contribution in [0.15, 0.2) is 28.0 Å². The Morgan fingerprint density at radius 2 is 1.90 bits per heavy atom. The number of piperidine rings is 1. The molecule has 0 radical (unpaired) electrons. The first-order valence-corrected chi connectivity index (χ1v) is 11.1. The highest BCUT2D eigenvalue weighted by atomic mass is 32.2. The molecule has 0 unspecified atom stereocenters. The minimum absolute atomic E-state index is 0.0200. The zero-order valence-electron chi connectivity index (χ0n) is 16.8. The summed E-state index contributed by atoms with van der Waals surface area (Å²) in [6, 6.07) is 3.80. The first-order valence-electron chi connectivity index (χ1n) is 9.92. The van der Waals surface area contributed by atoms with E-state index in [1.165, 1.54) is 18.2 Å². The molecule has 0 atom stereocenters. The number of carbonyl (C=O) groups excluding carboxylic acids is 1. The molecule has 152 valence electrons. The number of pyridine rings is 1. The van der Waals surface area contributed by atoms with Crippen LogP contribution in [-0.4, -0.2) is 43.6 Å². The topological polar surface area (TPSA) is 57.9 Å². The van der Waals surface area contributed by atoms with Gasteiger partial charge >= 0.3 is 0 Å². The largest absolute Gasteiger partial charge is 0.356 e. The van der Waals surface area contributed by atoms with Crippen LogP contribution in [0.1, 0.15) is 44.2 Å². The zero-order chi connectivity index (χ0) is 20.7. The van der Waals surface area contributed by atoms with Crippen molar-refractivity contribution in [2.45, 2.75) is 46.1 Å². The molecule has 2 aromatic rings. The van der Waals surface area contributed by atoms with Gasteiger partial charge in [0.25, 0.3) is 11.5 Å². The number of hydrogen-bond acceptors (Lipinski definition) is 6. The van der Waals surface area contributed by atoms with Crippen LogP contribution in [0.3, 0.4) is 0 Å². The summed E-state index contributed by atoms with van der Waals surface area (Å²) < 4.78 is 2.10. The Morgan fingerprint density at radius 1 is 1.17 bits per heavy atom. The second kappa shape index (κ2) is 7.91. The molecule has 4 heterocycles. The summed E-state index contributed by atoms with van der Waals surface area (Å²) in [5.74, 6) is 0.515. The highest BCUT2D eigenvalue weighted by molar-refractivity contribution is 8.26. The third kappa shape index (κ3) is 3.71. The van der Waals surface area contributed by atoms with E-state index in [1.807, 2.05) is 32.9 Å². The number of carbonyl (C=O) groups is 1. The molecule has 2 aliphatic heterocycles. The van der Waals surface area contributed by atoms with Gasteiger partial charge in [-0.3, -0.25) is 18.9 Å². The number of hydrogen-bond donors (Lipinski definition) is 0. The van der Waals surface area contributed by atoms with Crippen molar-refractivity contribution in [1.82, 2.24) is 14.3 Å². The van der Waals surface area contributed by atoms with Gasteiger partial charge in [0.05, 0.1) is 10.5 Å². The van der Waals surface area contributed by atoms with Crippen molar-refractivity contribution >= 4 is 51.7 Å².